The number of ether oxygens (including phenoxy) is 2. The number of aromatic carboxylic acids is 1. The lowest BCUT2D eigenvalue weighted by atomic mass is 9.99. The Bertz CT molecular complexity index is 562. The number of rotatable bonds is 3. The van der Waals surface area contributed by atoms with Crippen molar-refractivity contribution in [2.75, 3.05) is 13.2 Å². The third kappa shape index (κ3) is 3.87. The second kappa shape index (κ2) is 5.63. The van der Waals surface area contributed by atoms with Gasteiger partial charge < -0.3 is 19.9 Å². The van der Waals surface area contributed by atoms with Gasteiger partial charge in [-0.25, -0.2) is 9.59 Å². The average molecular weight is 293 g/mol. The van der Waals surface area contributed by atoms with Crippen molar-refractivity contribution in [3.63, 3.8) is 0 Å². The topological polar surface area (TPSA) is 84.9 Å². The lowest BCUT2D eigenvalue weighted by molar-refractivity contribution is 0.0522. The van der Waals surface area contributed by atoms with Crippen LogP contribution in [-0.4, -0.2) is 35.9 Å². The number of benzene rings is 1. The van der Waals surface area contributed by atoms with Gasteiger partial charge in [0.1, 0.15) is 11.4 Å². The number of carboxylic acid groups (broad SMARTS) is 1. The maximum Gasteiger partial charge on any atom is 0.407 e. The van der Waals surface area contributed by atoms with E-state index < -0.39 is 17.7 Å². The van der Waals surface area contributed by atoms with E-state index in [1.165, 1.54) is 6.07 Å². The van der Waals surface area contributed by atoms with Crippen LogP contribution < -0.4 is 10.1 Å². The van der Waals surface area contributed by atoms with E-state index in [1.807, 2.05) is 0 Å². The SMILES string of the molecule is CC(C)(C)OC(=O)NCC1COc2ccc(C(=O)O)cc21. The summed E-state index contributed by atoms with van der Waals surface area (Å²) < 4.78 is 10.7. The fraction of sp³-hybridized carbons (Fsp3) is 0.467. The predicted octanol–water partition coefficient (Wildman–Crippen LogP) is 2.39. The van der Waals surface area contributed by atoms with Crippen LogP contribution in [0, 0.1) is 0 Å². The molecule has 2 N–H and O–H groups in total. The van der Waals surface area contributed by atoms with Crippen LogP contribution in [0.2, 0.25) is 0 Å². The molecule has 21 heavy (non-hydrogen) atoms. The van der Waals surface area contributed by atoms with Crippen LogP contribution >= 0.6 is 0 Å². The van der Waals surface area contributed by atoms with Gasteiger partial charge in [0.2, 0.25) is 0 Å². The molecule has 0 aromatic heterocycles. The minimum atomic E-state index is -0.983. The predicted molar refractivity (Wildman–Crippen MR) is 75.9 cm³/mol. The Labute approximate surface area is 123 Å². The molecule has 1 atom stereocenters. The number of alkyl carbamates (subject to hydrolysis) is 1. The van der Waals surface area contributed by atoms with Gasteiger partial charge in [-0.1, -0.05) is 0 Å². The minimum Gasteiger partial charge on any atom is -0.493 e. The smallest absolute Gasteiger partial charge is 0.407 e. The molecule has 1 heterocycles. The molecule has 1 unspecified atom stereocenters. The summed E-state index contributed by atoms with van der Waals surface area (Å²) in [4.78, 5) is 22.6. The van der Waals surface area contributed by atoms with Gasteiger partial charge in [-0.2, -0.15) is 0 Å². The summed E-state index contributed by atoms with van der Waals surface area (Å²) in [6, 6.07) is 4.74. The highest BCUT2D eigenvalue weighted by Crippen LogP contribution is 2.34. The highest BCUT2D eigenvalue weighted by atomic mass is 16.6. The number of nitrogens with one attached hydrogen (secondary N) is 1. The Morgan fingerprint density at radius 3 is 2.76 bits per heavy atom. The molecule has 1 aromatic carbocycles. The van der Waals surface area contributed by atoms with Crippen LogP contribution in [0.3, 0.4) is 0 Å². The van der Waals surface area contributed by atoms with Crippen LogP contribution in [0.5, 0.6) is 5.75 Å². The van der Waals surface area contributed by atoms with E-state index in [1.54, 1.807) is 32.9 Å². The summed E-state index contributed by atoms with van der Waals surface area (Å²) in [5.74, 6) is -0.397. The summed E-state index contributed by atoms with van der Waals surface area (Å²) in [5.41, 5.74) is 0.456. The second-order valence-corrected chi connectivity index (χ2v) is 5.95. The third-order valence-electron chi connectivity index (χ3n) is 3.03. The van der Waals surface area contributed by atoms with E-state index in [0.29, 0.717) is 18.9 Å². The molecule has 0 saturated heterocycles. The van der Waals surface area contributed by atoms with Crippen molar-refractivity contribution in [2.45, 2.75) is 32.3 Å². The van der Waals surface area contributed by atoms with Crippen LogP contribution in [-0.2, 0) is 4.74 Å². The van der Waals surface area contributed by atoms with Gasteiger partial charge in [0.05, 0.1) is 12.2 Å². The van der Waals surface area contributed by atoms with Crippen molar-refractivity contribution >= 4 is 12.1 Å². The van der Waals surface area contributed by atoms with Gasteiger partial charge in [-0.05, 0) is 39.0 Å². The number of carbonyl (C=O) groups is 2. The van der Waals surface area contributed by atoms with Crippen molar-refractivity contribution in [3.05, 3.63) is 29.3 Å². The first-order valence-corrected chi connectivity index (χ1v) is 6.73. The molecule has 0 saturated carbocycles. The van der Waals surface area contributed by atoms with Gasteiger partial charge in [-0.15, -0.1) is 0 Å². The summed E-state index contributed by atoms with van der Waals surface area (Å²) in [7, 11) is 0. The van der Waals surface area contributed by atoms with Crippen molar-refractivity contribution in [3.8, 4) is 5.75 Å². The molecule has 0 spiro atoms. The molecular weight excluding hydrogens is 274 g/mol. The molecule has 1 aromatic rings. The Hall–Kier alpha value is -2.24. The first-order valence-electron chi connectivity index (χ1n) is 6.73. The molecule has 0 fully saturated rings. The van der Waals surface area contributed by atoms with E-state index in [-0.39, 0.29) is 11.5 Å². The van der Waals surface area contributed by atoms with E-state index in [2.05, 4.69) is 5.32 Å². The number of amides is 1. The highest BCUT2D eigenvalue weighted by Gasteiger charge is 2.26. The van der Waals surface area contributed by atoms with E-state index in [4.69, 9.17) is 14.6 Å². The maximum atomic E-state index is 11.6. The zero-order valence-corrected chi connectivity index (χ0v) is 12.3. The number of carboxylic acids is 1. The maximum absolute atomic E-state index is 11.6. The van der Waals surface area contributed by atoms with Crippen LogP contribution in [0.4, 0.5) is 4.79 Å². The van der Waals surface area contributed by atoms with Crippen molar-refractivity contribution in [1.82, 2.24) is 5.32 Å². The molecule has 0 bridgehead atoms. The zero-order chi connectivity index (χ0) is 15.6. The molecule has 6 nitrogen and oxygen atoms in total. The summed E-state index contributed by atoms with van der Waals surface area (Å²) >= 11 is 0. The van der Waals surface area contributed by atoms with Crippen molar-refractivity contribution in [2.24, 2.45) is 0 Å². The lowest BCUT2D eigenvalue weighted by Crippen LogP contribution is -2.35. The molecule has 6 heteroatoms. The fourth-order valence-corrected chi connectivity index (χ4v) is 2.10. The first kappa shape index (κ1) is 15.2. The van der Waals surface area contributed by atoms with Crippen LogP contribution in [0.25, 0.3) is 0 Å². The van der Waals surface area contributed by atoms with E-state index in [9.17, 15) is 9.59 Å². The fourth-order valence-electron chi connectivity index (χ4n) is 2.10. The van der Waals surface area contributed by atoms with Gasteiger partial charge in [0.25, 0.3) is 0 Å². The quantitative estimate of drug-likeness (QED) is 0.893. The van der Waals surface area contributed by atoms with Crippen molar-refractivity contribution in [1.29, 1.82) is 0 Å². The van der Waals surface area contributed by atoms with Crippen LogP contribution in [0.15, 0.2) is 18.2 Å². The molecule has 1 aliphatic rings. The van der Waals surface area contributed by atoms with E-state index in [0.717, 1.165) is 5.56 Å². The van der Waals surface area contributed by atoms with Gasteiger partial charge in [-0.3, -0.25) is 0 Å². The standard InChI is InChI=1S/C15H19NO5/c1-15(2,3)21-14(19)16-7-10-8-20-12-5-4-9(13(17)18)6-11(10)12/h4-6,10H,7-8H2,1-3H3,(H,16,19)(H,17,18). The summed E-state index contributed by atoms with van der Waals surface area (Å²) in [6.45, 7) is 6.12. The van der Waals surface area contributed by atoms with Crippen molar-refractivity contribution < 1.29 is 24.2 Å². The largest absolute Gasteiger partial charge is 0.493 e. The first-order chi connectivity index (χ1) is 9.76. The third-order valence-corrected chi connectivity index (χ3v) is 3.03. The molecule has 0 aliphatic carbocycles. The summed E-state index contributed by atoms with van der Waals surface area (Å²) in [6.07, 6.45) is -0.495. The highest BCUT2D eigenvalue weighted by molar-refractivity contribution is 5.88. The number of hydrogen-bond acceptors (Lipinski definition) is 4. The average Bonchev–Trinajstić information content (AvgIpc) is 2.76. The Morgan fingerprint density at radius 2 is 2.14 bits per heavy atom. The van der Waals surface area contributed by atoms with Gasteiger partial charge in [0.15, 0.2) is 0 Å². The Balaban J connectivity index is 2.01. The van der Waals surface area contributed by atoms with Gasteiger partial charge >= 0.3 is 12.1 Å². The lowest BCUT2D eigenvalue weighted by Gasteiger charge is -2.20. The molecule has 2 rings (SSSR count). The second-order valence-electron chi connectivity index (χ2n) is 5.95. The normalized spacial score (nSPS) is 16.8. The van der Waals surface area contributed by atoms with E-state index >= 15 is 0 Å². The molecule has 1 aliphatic heterocycles. The Kier molecular flexibility index (Phi) is 4.06. The zero-order valence-electron chi connectivity index (χ0n) is 12.3. The molecule has 114 valence electrons. The number of hydrogen-bond donors (Lipinski definition) is 2. The van der Waals surface area contributed by atoms with Crippen LogP contribution in [0.1, 0.15) is 42.6 Å². The summed E-state index contributed by atoms with van der Waals surface area (Å²) in [5, 5.41) is 11.7. The molecular formula is C15H19NO5. The monoisotopic (exact) mass is 293 g/mol. The number of carbonyl (C=O) groups excluding carboxylic acids is 1. The molecule has 1 amide bonds. The minimum absolute atomic E-state index is 0.0770. The molecule has 0 radical (unpaired) electrons. The number of fused-ring (bicyclic) bond motifs is 1. The van der Waals surface area contributed by atoms with Gasteiger partial charge in [0, 0.05) is 18.0 Å². The Morgan fingerprint density at radius 1 is 1.43 bits per heavy atom.